The molecular formula is C24H31N3O5. The van der Waals surface area contributed by atoms with Gasteiger partial charge in [-0.2, -0.15) is 0 Å². The van der Waals surface area contributed by atoms with Crippen LogP contribution in [-0.4, -0.2) is 46.1 Å². The highest BCUT2D eigenvalue weighted by atomic mass is 16.4. The van der Waals surface area contributed by atoms with Crippen molar-refractivity contribution in [2.75, 3.05) is 0 Å². The lowest BCUT2D eigenvalue weighted by atomic mass is 9.98. The molecule has 0 saturated heterocycles. The Morgan fingerprint density at radius 3 is 1.97 bits per heavy atom. The van der Waals surface area contributed by atoms with Gasteiger partial charge >= 0.3 is 5.97 Å². The minimum absolute atomic E-state index is 0.0275. The number of aliphatic carboxylic acids is 1. The van der Waals surface area contributed by atoms with Gasteiger partial charge in [-0.25, -0.2) is 4.79 Å². The predicted octanol–water partition coefficient (Wildman–Crippen LogP) is 1.61. The number of aromatic hydroxyl groups is 1. The molecule has 0 aliphatic heterocycles. The van der Waals surface area contributed by atoms with Gasteiger partial charge in [0.15, 0.2) is 0 Å². The van der Waals surface area contributed by atoms with Crippen LogP contribution in [0.1, 0.15) is 31.4 Å². The normalized spacial score (nSPS) is 14.6. The Labute approximate surface area is 187 Å². The summed E-state index contributed by atoms with van der Waals surface area (Å²) in [7, 11) is 0. The van der Waals surface area contributed by atoms with Crippen molar-refractivity contribution < 1.29 is 24.6 Å². The first kappa shape index (κ1) is 24.9. The average Bonchev–Trinajstić information content (AvgIpc) is 2.78. The molecule has 2 rings (SSSR count). The highest BCUT2D eigenvalue weighted by Gasteiger charge is 2.29. The number of carboxylic acid groups (broad SMARTS) is 1. The molecule has 32 heavy (non-hydrogen) atoms. The Balaban J connectivity index is 2.17. The van der Waals surface area contributed by atoms with E-state index >= 15 is 0 Å². The molecule has 8 nitrogen and oxygen atoms in total. The monoisotopic (exact) mass is 441 g/mol. The maximum absolute atomic E-state index is 13.0. The van der Waals surface area contributed by atoms with Gasteiger partial charge in [-0.05, 0) is 29.2 Å². The minimum Gasteiger partial charge on any atom is -0.508 e. The Hall–Kier alpha value is -3.39. The molecule has 0 fully saturated rings. The third-order valence-corrected chi connectivity index (χ3v) is 5.47. The summed E-state index contributed by atoms with van der Waals surface area (Å²) in [6.07, 6.45) is 0.925. The molecule has 2 amide bonds. The summed E-state index contributed by atoms with van der Waals surface area (Å²) in [5.74, 6) is -2.28. The average molecular weight is 442 g/mol. The first-order valence-electron chi connectivity index (χ1n) is 10.6. The zero-order valence-electron chi connectivity index (χ0n) is 18.3. The summed E-state index contributed by atoms with van der Waals surface area (Å²) in [6, 6.07) is 12.2. The molecule has 0 aromatic heterocycles. The van der Waals surface area contributed by atoms with E-state index in [9.17, 15) is 24.6 Å². The number of rotatable bonds is 11. The van der Waals surface area contributed by atoms with Gasteiger partial charge in [0.1, 0.15) is 17.8 Å². The number of phenols is 1. The number of hydrogen-bond acceptors (Lipinski definition) is 5. The van der Waals surface area contributed by atoms with Crippen LogP contribution in [0.15, 0.2) is 54.6 Å². The van der Waals surface area contributed by atoms with E-state index in [2.05, 4.69) is 10.6 Å². The number of phenolic OH excluding ortho intramolecular Hbond substituents is 1. The summed E-state index contributed by atoms with van der Waals surface area (Å²) in [5, 5.41) is 24.2. The van der Waals surface area contributed by atoms with Crippen molar-refractivity contribution in [1.82, 2.24) is 10.6 Å². The third kappa shape index (κ3) is 7.39. The SMILES string of the molecule is CC[C@H](C)[C@H](N)C(=O)N[C@@H](Cc1ccccc1)C(=O)N[C@@H](Cc1ccc(O)cc1)C(=O)O. The van der Waals surface area contributed by atoms with Gasteiger partial charge in [0.05, 0.1) is 6.04 Å². The zero-order chi connectivity index (χ0) is 23.7. The smallest absolute Gasteiger partial charge is 0.326 e. The second-order valence-electron chi connectivity index (χ2n) is 7.93. The van der Waals surface area contributed by atoms with E-state index in [0.29, 0.717) is 12.0 Å². The van der Waals surface area contributed by atoms with Gasteiger partial charge < -0.3 is 26.6 Å². The van der Waals surface area contributed by atoms with Gasteiger partial charge in [0.25, 0.3) is 0 Å². The molecule has 2 aromatic carbocycles. The van der Waals surface area contributed by atoms with Crippen LogP contribution in [0, 0.1) is 5.92 Å². The van der Waals surface area contributed by atoms with E-state index in [1.54, 1.807) is 12.1 Å². The van der Waals surface area contributed by atoms with E-state index < -0.39 is 35.9 Å². The van der Waals surface area contributed by atoms with Crippen molar-refractivity contribution in [3.05, 3.63) is 65.7 Å². The molecule has 0 saturated carbocycles. The second kappa shape index (κ2) is 11.9. The molecule has 6 N–H and O–H groups in total. The van der Waals surface area contributed by atoms with Crippen LogP contribution in [0.2, 0.25) is 0 Å². The van der Waals surface area contributed by atoms with Crippen LogP contribution in [-0.2, 0) is 27.2 Å². The van der Waals surface area contributed by atoms with Gasteiger partial charge in [0, 0.05) is 12.8 Å². The maximum atomic E-state index is 13.0. The fourth-order valence-electron chi connectivity index (χ4n) is 3.18. The molecule has 172 valence electrons. The summed E-state index contributed by atoms with van der Waals surface area (Å²) >= 11 is 0. The van der Waals surface area contributed by atoms with Crippen molar-refractivity contribution >= 4 is 17.8 Å². The van der Waals surface area contributed by atoms with E-state index in [0.717, 1.165) is 5.56 Å². The molecular weight excluding hydrogens is 410 g/mol. The van der Waals surface area contributed by atoms with Gasteiger partial charge in [-0.1, -0.05) is 62.7 Å². The molecule has 2 aromatic rings. The van der Waals surface area contributed by atoms with Crippen molar-refractivity contribution in [1.29, 1.82) is 0 Å². The van der Waals surface area contributed by atoms with Gasteiger partial charge in [0.2, 0.25) is 11.8 Å². The highest BCUT2D eigenvalue weighted by molar-refractivity contribution is 5.92. The number of nitrogens with two attached hydrogens (primary N) is 1. The lowest BCUT2D eigenvalue weighted by molar-refractivity contribution is -0.142. The van der Waals surface area contributed by atoms with Crippen molar-refractivity contribution in [3.8, 4) is 5.75 Å². The Bertz CT molecular complexity index is 902. The van der Waals surface area contributed by atoms with Crippen LogP contribution < -0.4 is 16.4 Å². The first-order chi connectivity index (χ1) is 15.2. The summed E-state index contributed by atoms with van der Waals surface area (Å²) in [5.41, 5.74) is 7.47. The van der Waals surface area contributed by atoms with Crippen LogP contribution >= 0.6 is 0 Å². The molecule has 0 aliphatic carbocycles. The lowest BCUT2D eigenvalue weighted by Gasteiger charge is -2.24. The third-order valence-electron chi connectivity index (χ3n) is 5.47. The summed E-state index contributed by atoms with van der Waals surface area (Å²) < 4.78 is 0. The van der Waals surface area contributed by atoms with Gasteiger partial charge in [-0.15, -0.1) is 0 Å². The molecule has 4 atom stereocenters. The van der Waals surface area contributed by atoms with Gasteiger partial charge in [-0.3, -0.25) is 9.59 Å². The molecule has 8 heteroatoms. The molecule has 0 bridgehead atoms. The standard InChI is InChI=1S/C24H31N3O5/c1-3-15(2)21(25)23(30)26-19(13-16-7-5-4-6-8-16)22(29)27-20(24(31)32)14-17-9-11-18(28)12-10-17/h4-12,15,19-21,28H,3,13-14,25H2,1-2H3,(H,26,30)(H,27,29)(H,31,32)/t15-,19-,20-,21-/m0/s1. The zero-order valence-corrected chi connectivity index (χ0v) is 18.3. The highest BCUT2D eigenvalue weighted by Crippen LogP contribution is 2.12. The fourth-order valence-corrected chi connectivity index (χ4v) is 3.18. The topological polar surface area (TPSA) is 142 Å². The van der Waals surface area contributed by atoms with E-state index in [1.165, 1.54) is 12.1 Å². The number of carboxylic acids is 1. The Morgan fingerprint density at radius 1 is 0.875 bits per heavy atom. The van der Waals surface area contributed by atoms with Crippen molar-refractivity contribution in [2.45, 2.75) is 51.2 Å². The van der Waals surface area contributed by atoms with E-state index in [4.69, 9.17) is 5.73 Å². The lowest BCUT2D eigenvalue weighted by Crippen LogP contribution is -2.56. The second-order valence-corrected chi connectivity index (χ2v) is 7.93. The van der Waals surface area contributed by atoms with Crippen LogP contribution in [0.25, 0.3) is 0 Å². The number of carbonyl (C=O) groups is 3. The number of carbonyl (C=O) groups excluding carboxylic acids is 2. The molecule has 0 unspecified atom stereocenters. The largest absolute Gasteiger partial charge is 0.508 e. The number of benzene rings is 2. The first-order valence-corrected chi connectivity index (χ1v) is 10.6. The molecule has 0 radical (unpaired) electrons. The fraction of sp³-hybridized carbons (Fsp3) is 0.375. The van der Waals surface area contributed by atoms with Crippen LogP contribution in [0.4, 0.5) is 0 Å². The Kier molecular flexibility index (Phi) is 9.22. The van der Waals surface area contributed by atoms with Crippen molar-refractivity contribution in [3.63, 3.8) is 0 Å². The molecule has 0 heterocycles. The van der Waals surface area contributed by atoms with Crippen LogP contribution in [0.3, 0.4) is 0 Å². The molecule has 0 aliphatic rings. The number of hydrogen-bond donors (Lipinski definition) is 5. The predicted molar refractivity (Wildman–Crippen MR) is 121 cm³/mol. The Morgan fingerprint density at radius 2 is 1.41 bits per heavy atom. The van der Waals surface area contributed by atoms with E-state index in [-0.39, 0.29) is 24.5 Å². The minimum atomic E-state index is -1.20. The van der Waals surface area contributed by atoms with Crippen molar-refractivity contribution in [2.24, 2.45) is 11.7 Å². The number of amides is 2. The number of nitrogens with one attached hydrogen (secondary N) is 2. The van der Waals surface area contributed by atoms with Crippen LogP contribution in [0.5, 0.6) is 5.75 Å². The summed E-state index contributed by atoms with van der Waals surface area (Å²) in [4.78, 5) is 37.4. The maximum Gasteiger partial charge on any atom is 0.326 e. The quantitative estimate of drug-likeness (QED) is 0.359. The molecule has 0 spiro atoms. The van der Waals surface area contributed by atoms with E-state index in [1.807, 2.05) is 44.2 Å². The summed E-state index contributed by atoms with van der Waals surface area (Å²) in [6.45, 7) is 3.78.